The first-order valence-electron chi connectivity index (χ1n) is 6.38. The van der Waals surface area contributed by atoms with Gasteiger partial charge in [-0.2, -0.15) is 0 Å². The molecule has 2 atom stereocenters. The molecule has 1 aliphatic heterocycles. The molecule has 0 aliphatic carbocycles. The van der Waals surface area contributed by atoms with Gasteiger partial charge in [0, 0.05) is 12.0 Å². The molecule has 0 radical (unpaired) electrons. The monoisotopic (exact) mass is 270 g/mol. The maximum absolute atomic E-state index is 12.1. The van der Waals surface area contributed by atoms with Crippen molar-refractivity contribution in [1.29, 1.82) is 0 Å². The van der Waals surface area contributed by atoms with Crippen LogP contribution in [0, 0.1) is 0 Å². The molecule has 0 unspecified atom stereocenters. The van der Waals surface area contributed by atoms with E-state index in [-0.39, 0.29) is 23.8 Å². The molecule has 1 rings (SSSR count). The number of methoxy groups -OCH3 is 1. The molecule has 1 N–H and O–H groups in total. The molecular weight excluding hydrogens is 248 g/mol. The quantitative estimate of drug-likeness (QED) is 0.756. The van der Waals surface area contributed by atoms with Crippen molar-refractivity contribution >= 4 is 17.8 Å². The molecule has 1 heterocycles. The Morgan fingerprint density at radius 1 is 1.42 bits per heavy atom. The first-order chi connectivity index (χ1) is 8.67. The second-order valence-corrected chi connectivity index (χ2v) is 5.79. The molecule has 0 saturated carbocycles. The lowest BCUT2D eigenvalue weighted by Crippen LogP contribution is -2.54. The molecule has 0 aromatic rings. The van der Waals surface area contributed by atoms with E-state index in [0.717, 1.165) is 0 Å². The van der Waals surface area contributed by atoms with Crippen molar-refractivity contribution in [1.82, 2.24) is 10.2 Å². The molecule has 1 fully saturated rings. The number of carbonyl (C=O) groups excluding carboxylic acids is 3. The fourth-order valence-electron chi connectivity index (χ4n) is 2.16. The van der Waals surface area contributed by atoms with Crippen LogP contribution < -0.4 is 5.32 Å². The van der Waals surface area contributed by atoms with Crippen molar-refractivity contribution in [3.8, 4) is 0 Å². The van der Waals surface area contributed by atoms with Crippen molar-refractivity contribution in [2.75, 3.05) is 7.11 Å². The van der Waals surface area contributed by atoms with E-state index in [2.05, 4.69) is 10.1 Å². The number of esters is 1. The largest absolute Gasteiger partial charge is 0.467 e. The van der Waals surface area contributed by atoms with E-state index in [1.165, 1.54) is 12.0 Å². The number of hydrogen-bond acceptors (Lipinski definition) is 4. The van der Waals surface area contributed by atoms with E-state index in [1.807, 2.05) is 20.8 Å². The summed E-state index contributed by atoms with van der Waals surface area (Å²) in [6.45, 7) is 7.21. The molecule has 0 bridgehead atoms. The lowest BCUT2D eigenvalue weighted by molar-refractivity contribution is -0.152. The van der Waals surface area contributed by atoms with Crippen molar-refractivity contribution < 1.29 is 19.1 Å². The zero-order chi connectivity index (χ0) is 14.8. The van der Waals surface area contributed by atoms with Crippen LogP contribution in [0.25, 0.3) is 0 Å². The first kappa shape index (κ1) is 15.5. The number of rotatable bonds is 3. The number of hydrogen-bond donors (Lipinski definition) is 1. The number of amides is 2. The van der Waals surface area contributed by atoms with Crippen LogP contribution in [-0.4, -0.2) is 47.4 Å². The summed E-state index contributed by atoms with van der Waals surface area (Å²) in [5.41, 5.74) is -0.380. The average molecular weight is 270 g/mol. The van der Waals surface area contributed by atoms with Gasteiger partial charge in [-0.3, -0.25) is 9.59 Å². The van der Waals surface area contributed by atoms with Crippen LogP contribution in [0.4, 0.5) is 0 Å². The van der Waals surface area contributed by atoms with Crippen molar-refractivity contribution in [2.24, 2.45) is 0 Å². The third-order valence-electron chi connectivity index (χ3n) is 3.02. The van der Waals surface area contributed by atoms with Gasteiger partial charge in [0.15, 0.2) is 0 Å². The Kier molecular flexibility index (Phi) is 4.55. The molecule has 1 saturated heterocycles. The third-order valence-corrected chi connectivity index (χ3v) is 3.02. The highest BCUT2D eigenvalue weighted by atomic mass is 16.5. The molecule has 2 amide bonds. The smallest absolute Gasteiger partial charge is 0.328 e. The summed E-state index contributed by atoms with van der Waals surface area (Å²) in [6, 6.07) is -1.34. The molecule has 1 aliphatic rings. The van der Waals surface area contributed by atoms with Gasteiger partial charge in [-0.1, -0.05) is 0 Å². The number of ether oxygens (including phenoxy) is 1. The van der Waals surface area contributed by atoms with Crippen molar-refractivity contribution in [2.45, 2.75) is 58.2 Å². The van der Waals surface area contributed by atoms with E-state index in [1.54, 1.807) is 6.92 Å². The maximum Gasteiger partial charge on any atom is 0.328 e. The zero-order valence-electron chi connectivity index (χ0n) is 12.1. The molecule has 6 nitrogen and oxygen atoms in total. The average Bonchev–Trinajstić information content (AvgIpc) is 2.66. The summed E-state index contributed by atoms with van der Waals surface area (Å²) in [6.07, 6.45) is 0.672. The zero-order valence-corrected chi connectivity index (χ0v) is 12.1. The minimum Gasteiger partial charge on any atom is -0.467 e. The van der Waals surface area contributed by atoms with Gasteiger partial charge >= 0.3 is 5.97 Å². The molecule has 19 heavy (non-hydrogen) atoms. The second kappa shape index (κ2) is 5.59. The number of likely N-dealkylation sites (tertiary alicyclic amines) is 1. The summed E-state index contributed by atoms with van der Waals surface area (Å²) < 4.78 is 4.68. The highest BCUT2D eigenvalue weighted by Crippen LogP contribution is 2.23. The van der Waals surface area contributed by atoms with Crippen molar-refractivity contribution in [3.63, 3.8) is 0 Å². The fraction of sp³-hybridized carbons (Fsp3) is 0.769. The minimum absolute atomic E-state index is 0.188. The van der Waals surface area contributed by atoms with Gasteiger partial charge < -0.3 is 15.0 Å². The Balaban J connectivity index is 2.83. The Hall–Kier alpha value is -1.59. The van der Waals surface area contributed by atoms with Crippen LogP contribution in [0.5, 0.6) is 0 Å². The second-order valence-electron chi connectivity index (χ2n) is 5.79. The summed E-state index contributed by atoms with van der Waals surface area (Å²) in [7, 11) is 1.28. The van der Waals surface area contributed by atoms with Crippen LogP contribution in [0.15, 0.2) is 0 Å². The summed E-state index contributed by atoms with van der Waals surface area (Å²) in [5.74, 6) is -0.926. The van der Waals surface area contributed by atoms with Crippen LogP contribution in [0.1, 0.15) is 40.5 Å². The van der Waals surface area contributed by atoms with Crippen LogP contribution in [0.3, 0.4) is 0 Å². The normalized spacial score (nSPS) is 21.2. The van der Waals surface area contributed by atoms with Gasteiger partial charge in [-0.15, -0.1) is 0 Å². The summed E-state index contributed by atoms with van der Waals surface area (Å²) in [4.78, 5) is 36.9. The standard InChI is InChI=1S/C13H22N2O4/c1-8(11(17)14-13(2,3)4)15-9(12(18)19-5)6-7-10(15)16/h8-9H,6-7H2,1-5H3,(H,14,17)/t8-,9-/m0/s1. The third kappa shape index (κ3) is 3.68. The molecule has 6 heteroatoms. The Bertz CT molecular complexity index is 387. The number of nitrogens with zero attached hydrogens (tertiary/aromatic N) is 1. The summed E-state index contributed by atoms with van der Waals surface area (Å²) >= 11 is 0. The maximum atomic E-state index is 12.1. The van der Waals surface area contributed by atoms with E-state index >= 15 is 0 Å². The van der Waals surface area contributed by atoms with Gasteiger partial charge in [-0.25, -0.2) is 4.79 Å². The molecule has 0 spiro atoms. The molecule has 108 valence electrons. The van der Waals surface area contributed by atoms with E-state index in [0.29, 0.717) is 6.42 Å². The van der Waals surface area contributed by atoms with E-state index < -0.39 is 18.1 Å². The lowest BCUT2D eigenvalue weighted by atomic mass is 10.1. The number of carbonyl (C=O) groups is 3. The Morgan fingerprint density at radius 2 is 2.00 bits per heavy atom. The highest BCUT2D eigenvalue weighted by Gasteiger charge is 2.42. The minimum atomic E-state index is -0.682. The summed E-state index contributed by atoms with van der Waals surface area (Å²) in [5, 5.41) is 2.81. The number of nitrogens with one attached hydrogen (secondary N) is 1. The highest BCUT2D eigenvalue weighted by molar-refractivity contribution is 5.93. The Morgan fingerprint density at radius 3 is 2.47 bits per heavy atom. The van der Waals surface area contributed by atoms with E-state index in [9.17, 15) is 14.4 Å². The van der Waals surface area contributed by atoms with E-state index in [4.69, 9.17) is 0 Å². The molecule has 0 aromatic carbocycles. The van der Waals surface area contributed by atoms with Crippen LogP contribution in [0.2, 0.25) is 0 Å². The molecule has 0 aromatic heterocycles. The van der Waals surface area contributed by atoms with Crippen LogP contribution >= 0.6 is 0 Å². The fourth-order valence-corrected chi connectivity index (χ4v) is 2.16. The predicted molar refractivity (Wildman–Crippen MR) is 69.2 cm³/mol. The van der Waals surface area contributed by atoms with Gasteiger partial charge in [0.25, 0.3) is 0 Å². The van der Waals surface area contributed by atoms with Gasteiger partial charge in [-0.05, 0) is 34.1 Å². The molecular formula is C13H22N2O4. The lowest BCUT2D eigenvalue weighted by Gasteiger charge is -2.31. The Labute approximate surface area is 113 Å². The van der Waals surface area contributed by atoms with Crippen LogP contribution in [-0.2, 0) is 19.1 Å². The van der Waals surface area contributed by atoms with Crippen molar-refractivity contribution in [3.05, 3.63) is 0 Å². The topological polar surface area (TPSA) is 75.7 Å². The van der Waals surface area contributed by atoms with Gasteiger partial charge in [0.2, 0.25) is 11.8 Å². The predicted octanol–water partition coefficient (Wildman–Crippen LogP) is 0.454. The SMILES string of the molecule is COC(=O)[C@@H]1CCC(=O)N1[C@@H](C)C(=O)NC(C)(C)C. The van der Waals surface area contributed by atoms with Gasteiger partial charge in [0.05, 0.1) is 7.11 Å². The first-order valence-corrected chi connectivity index (χ1v) is 6.38. The van der Waals surface area contributed by atoms with Gasteiger partial charge in [0.1, 0.15) is 12.1 Å².